The third kappa shape index (κ3) is 4.58. The van der Waals surface area contributed by atoms with Gasteiger partial charge >= 0.3 is 0 Å². The number of anilines is 1. The van der Waals surface area contributed by atoms with Gasteiger partial charge in [-0.05, 0) is 24.8 Å². The van der Waals surface area contributed by atoms with Gasteiger partial charge in [0.25, 0.3) is 5.91 Å². The van der Waals surface area contributed by atoms with Crippen LogP contribution in [-0.4, -0.2) is 28.4 Å². The quantitative estimate of drug-likeness (QED) is 0.598. The average molecular weight is 313 g/mol. The maximum Gasteiger partial charge on any atom is 0.255 e. The van der Waals surface area contributed by atoms with Crippen LogP contribution in [-0.2, 0) is 0 Å². The van der Waals surface area contributed by atoms with Gasteiger partial charge in [-0.1, -0.05) is 39.3 Å². The number of halogens is 1. The molecule has 0 aromatic carbocycles. The molecule has 1 rings (SSSR count). The fraction of sp³-hybridized carbons (Fsp3) is 0.600. The zero-order valence-electron chi connectivity index (χ0n) is 13.2. The lowest BCUT2D eigenvalue weighted by Gasteiger charge is -2.32. The second kappa shape index (κ2) is 8.20. The summed E-state index contributed by atoms with van der Waals surface area (Å²) in [5.41, 5.74) is 2.89. The minimum absolute atomic E-state index is 0.0321. The van der Waals surface area contributed by atoms with Crippen LogP contribution < -0.4 is 11.3 Å². The van der Waals surface area contributed by atoms with Gasteiger partial charge in [0.1, 0.15) is 0 Å². The summed E-state index contributed by atoms with van der Waals surface area (Å²) in [4.78, 5) is 18.8. The van der Waals surface area contributed by atoms with Gasteiger partial charge in [0.15, 0.2) is 5.82 Å². The molecule has 0 spiro atoms. The number of nitrogens with two attached hydrogens (primary N) is 1. The number of carbonyl (C=O) groups is 1. The van der Waals surface area contributed by atoms with Crippen molar-refractivity contribution in [1.29, 1.82) is 0 Å². The summed E-state index contributed by atoms with van der Waals surface area (Å²) in [7, 11) is 0. The Labute approximate surface area is 131 Å². The van der Waals surface area contributed by atoms with Gasteiger partial charge in [0.2, 0.25) is 0 Å². The molecule has 0 saturated carbocycles. The summed E-state index contributed by atoms with van der Waals surface area (Å²) in [5.74, 6) is 6.04. The highest BCUT2D eigenvalue weighted by Gasteiger charge is 2.24. The number of pyridine rings is 1. The van der Waals surface area contributed by atoms with Gasteiger partial charge in [-0.15, -0.1) is 0 Å². The molecule has 0 aliphatic carbocycles. The first-order valence-corrected chi connectivity index (χ1v) is 7.75. The summed E-state index contributed by atoms with van der Waals surface area (Å²) in [6.45, 7) is 9.13. The van der Waals surface area contributed by atoms with Gasteiger partial charge in [0.05, 0.1) is 10.6 Å². The standard InChI is InChI=1S/C15H25ClN4O/c1-5-12(6-2)20(9-10(3)4)15(21)11-7-13(16)14(19-17)18-8-11/h7-8,10,12H,5-6,9,17H2,1-4H3,(H,18,19). The first-order chi connectivity index (χ1) is 9.94. The van der Waals surface area contributed by atoms with Crippen LogP contribution in [0, 0.1) is 5.92 Å². The van der Waals surface area contributed by atoms with Crippen molar-refractivity contribution in [3.63, 3.8) is 0 Å². The highest BCUT2D eigenvalue weighted by molar-refractivity contribution is 6.33. The van der Waals surface area contributed by atoms with Gasteiger partial charge in [0, 0.05) is 18.8 Å². The molecule has 6 heteroatoms. The van der Waals surface area contributed by atoms with Crippen molar-refractivity contribution in [2.75, 3.05) is 12.0 Å². The molecule has 0 aliphatic rings. The number of rotatable bonds is 7. The fourth-order valence-electron chi connectivity index (χ4n) is 2.35. The maximum atomic E-state index is 12.8. The van der Waals surface area contributed by atoms with Crippen molar-refractivity contribution in [1.82, 2.24) is 9.88 Å². The number of nitrogens with one attached hydrogen (secondary N) is 1. The number of hydrogen-bond donors (Lipinski definition) is 2. The molecular weight excluding hydrogens is 288 g/mol. The van der Waals surface area contributed by atoms with Crippen LogP contribution in [0.1, 0.15) is 50.9 Å². The van der Waals surface area contributed by atoms with Crippen LogP contribution in [0.5, 0.6) is 0 Å². The second-order valence-corrected chi connectivity index (χ2v) is 5.93. The first kappa shape index (κ1) is 17.7. The molecule has 0 atom stereocenters. The molecule has 3 N–H and O–H groups in total. The lowest BCUT2D eigenvalue weighted by molar-refractivity contribution is 0.0640. The molecule has 0 unspecified atom stereocenters. The van der Waals surface area contributed by atoms with Crippen molar-refractivity contribution >= 4 is 23.3 Å². The number of hydrazine groups is 1. The van der Waals surface area contributed by atoms with E-state index in [1.54, 1.807) is 6.07 Å². The Bertz CT molecular complexity index is 475. The van der Waals surface area contributed by atoms with E-state index in [1.807, 2.05) is 4.90 Å². The van der Waals surface area contributed by atoms with Crippen LogP contribution in [0.2, 0.25) is 5.02 Å². The Morgan fingerprint density at radius 2 is 2.05 bits per heavy atom. The van der Waals surface area contributed by atoms with Gasteiger partial charge < -0.3 is 10.3 Å². The van der Waals surface area contributed by atoms with E-state index in [9.17, 15) is 4.79 Å². The molecule has 1 aromatic rings. The van der Waals surface area contributed by atoms with Crippen LogP contribution in [0.15, 0.2) is 12.3 Å². The van der Waals surface area contributed by atoms with Crippen molar-refractivity contribution in [3.8, 4) is 0 Å². The molecule has 0 radical (unpaired) electrons. The highest BCUT2D eigenvalue weighted by Crippen LogP contribution is 2.22. The zero-order chi connectivity index (χ0) is 16.0. The molecule has 0 aliphatic heterocycles. The largest absolute Gasteiger partial charge is 0.335 e. The van der Waals surface area contributed by atoms with Gasteiger partial charge in [-0.25, -0.2) is 10.8 Å². The van der Waals surface area contributed by atoms with Gasteiger partial charge in [-0.3, -0.25) is 4.79 Å². The number of hydrogen-bond acceptors (Lipinski definition) is 4. The van der Waals surface area contributed by atoms with Crippen molar-refractivity contribution < 1.29 is 4.79 Å². The molecule has 1 heterocycles. The number of amides is 1. The van der Waals surface area contributed by atoms with E-state index in [-0.39, 0.29) is 11.9 Å². The fourth-order valence-corrected chi connectivity index (χ4v) is 2.57. The smallest absolute Gasteiger partial charge is 0.255 e. The second-order valence-electron chi connectivity index (χ2n) is 5.52. The highest BCUT2D eigenvalue weighted by atomic mass is 35.5. The SMILES string of the molecule is CCC(CC)N(CC(C)C)C(=O)c1cnc(NN)c(Cl)c1. The summed E-state index contributed by atoms with van der Waals surface area (Å²) in [6, 6.07) is 1.84. The maximum absolute atomic E-state index is 12.8. The summed E-state index contributed by atoms with van der Waals surface area (Å²) >= 11 is 6.06. The van der Waals surface area contributed by atoms with Gasteiger partial charge in [-0.2, -0.15) is 0 Å². The lowest BCUT2D eigenvalue weighted by atomic mass is 10.1. The molecule has 118 valence electrons. The minimum Gasteiger partial charge on any atom is -0.335 e. The number of nitrogens with zero attached hydrogens (tertiary/aromatic N) is 2. The normalized spacial score (nSPS) is 11.0. The molecule has 1 aromatic heterocycles. The summed E-state index contributed by atoms with van der Waals surface area (Å²) < 4.78 is 0. The Hall–Kier alpha value is -1.33. The van der Waals surface area contributed by atoms with Crippen LogP contribution in [0.4, 0.5) is 5.82 Å². The van der Waals surface area contributed by atoms with E-state index in [0.717, 1.165) is 19.4 Å². The molecule has 0 bridgehead atoms. The molecule has 0 saturated heterocycles. The molecule has 21 heavy (non-hydrogen) atoms. The molecule has 5 nitrogen and oxygen atoms in total. The third-order valence-corrected chi connectivity index (χ3v) is 3.72. The monoisotopic (exact) mass is 312 g/mol. The Kier molecular flexibility index (Phi) is 6.92. The Balaban J connectivity index is 3.06. The van der Waals surface area contributed by atoms with E-state index in [2.05, 4.69) is 38.1 Å². The van der Waals surface area contributed by atoms with E-state index < -0.39 is 0 Å². The van der Waals surface area contributed by atoms with Crippen molar-refractivity contribution in [2.45, 2.75) is 46.6 Å². The molecular formula is C15H25ClN4O. The lowest BCUT2D eigenvalue weighted by Crippen LogP contribution is -2.42. The zero-order valence-corrected chi connectivity index (χ0v) is 13.9. The molecule has 0 fully saturated rings. The molecule has 1 amide bonds. The van der Waals surface area contributed by atoms with Crippen LogP contribution >= 0.6 is 11.6 Å². The average Bonchev–Trinajstić information content (AvgIpc) is 2.46. The Morgan fingerprint density at radius 3 is 2.48 bits per heavy atom. The minimum atomic E-state index is -0.0321. The van der Waals surface area contributed by atoms with E-state index in [0.29, 0.717) is 22.3 Å². The van der Waals surface area contributed by atoms with E-state index in [4.69, 9.17) is 17.4 Å². The van der Waals surface area contributed by atoms with Crippen LogP contribution in [0.25, 0.3) is 0 Å². The van der Waals surface area contributed by atoms with Crippen molar-refractivity contribution in [3.05, 3.63) is 22.8 Å². The third-order valence-electron chi connectivity index (χ3n) is 3.43. The van der Waals surface area contributed by atoms with E-state index in [1.165, 1.54) is 6.20 Å². The van der Waals surface area contributed by atoms with Crippen molar-refractivity contribution in [2.24, 2.45) is 11.8 Å². The Morgan fingerprint density at radius 1 is 1.43 bits per heavy atom. The first-order valence-electron chi connectivity index (χ1n) is 7.37. The predicted molar refractivity (Wildman–Crippen MR) is 87.3 cm³/mol. The predicted octanol–water partition coefficient (Wildman–Crippen LogP) is 3.31. The number of nitrogen functional groups attached to an aromatic ring is 1. The topological polar surface area (TPSA) is 71.2 Å². The number of carbonyl (C=O) groups excluding carboxylic acids is 1. The summed E-state index contributed by atoms with van der Waals surface area (Å²) in [5, 5.41) is 0.345. The van der Waals surface area contributed by atoms with E-state index >= 15 is 0 Å². The summed E-state index contributed by atoms with van der Waals surface area (Å²) in [6.07, 6.45) is 3.37. The number of aromatic nitrogens is 1. The van der Waals surface area contributed by atoms with Crippen LogP contribution in [0.3, 0.4) is 0 Å².